The van der Waals surface area contributed by atoms with Crippen LogP contribution < -0.4 is 4.74 Å². The van der Waals surface area contributed by atoms with Crippen molar-refractivity contribution in [1.29, 1.82) is 0 Å². The summed E-state index contributed by atoms with van der Waals surface area (Å²) in [6.07, 6.45) is 6.17. The van der Waals surface area contributed by atoms with Crippen molar-refractivity contribution >= 4 is 16.9 Å². The quantitative estimate of drug-likeness (QED) is 0.354. The zero-order valence-electron chi connectivity index (χ0n) is 20.5. The molecule has 1 heterocycles. The Hall–Kier alpha value is -3.12. The summed E-state index contributed by atoms with van der Waals surface area (Å²) in [6, 6.07) is 14.5. The lowest BCUT2D eigenvalue weighted by atomic mass is 9.93. The van der Waals surface area contributed by atoms with Crippen molar-refractivity contribution in [2.75, 3.05) is 20.3 Å². The molecule has 6 heteroatoms. The second kappa shape index (κ2) is 10.4. The number of aromatic nitrogens is 1. The zero-order valence-corrected chi connectivity index (χ0v) is 20.5. The first-order chi connectivity index (χ1) is 16.4. The Morgan fingerprint density at radius 1 is 1.09 bits per heavy atom. The SMILES string of the molecule is COCCCOc1cc(CN(C(=O)OC(C)(C)C)C2CC2)c(-c2cccnc2)c2ccccc12. The number of nitrogens with zero attached hydrogens (tertiary/aromatic N) is 2. The molecule has 0 radical (unpaired) electrons. The molecule has 0 unspecified atom stereocenters. The molecule has 1 amide bonds. The van der Waals surface area contributed by atoms with Crippen LogP contribution in [0.1, 0.15) is 45.6 Å². The van der Waals surface area contributed by atoms with Gasteiger partial charge in [-0.3, -0.25) is 4.98 Å². The van der Waals surface area contributed by atoms with E-state index in [0.29, 0.717) is 19.8 Å². The van der Waals surface area contributed by atoms with E-state index in [9.17, 15) is 4.79 Å². The highest BCUT2D eigenvalue weighted by molar-refractivity contribution is 6.01. The standard InChI is InChI=1S/C28H34N2O4/c1-28(2,3)34-27(31)30(22-12-13-22)19-21-17-25(33-16-8-15-32-4)23-10-5-6-11-24(23)26(21)20-9-7-14-29-18-20/h5-7,9-11,14,17-18,22H,8,12-13,15-16,19H2,1-4H3. The molecule has 0 N–H and O–H groups in total. The first kappa shape index (κ1) is 24.0. The molecule has 0 saturated heterocycles. The van der Waals surface area contributed by atoms with Crippen LogP contribution in [0.3, 0.4) is 0 Å². The predicted octanol–water partition coefficient (Wildman–Crippen LogP) is 6.22. The van der Waals surface area contributed by atoms with Crippen molar-refractivity contribution in [2.24, 2.45) is 0 Å². The molecule has 4 rings (SSSR count). The molecule has 1 saturated carbocycles. The number of methoxy groups -OCH3 is 1. The minimum Gasteiger partial charge on any atom is -0.493 e. The Balaban J connectivity index is 1.79. The summed E-state index contributed by atoms with van der Waals surface area (Å²) in [5, 5.41) is 2.12. The summed E-state index contributed by atoms with van der Waals surface area (Å²) in [7, 11) is 1.69. The number of carbonyl (C=O) groups is 1. The van der Waals surface area contributed by atoms with Gasteiger partial charge in [-0.15, -0.1) is 0 Å². The lowest BCUT2D eigenvalue weighted by Crippen LogP contribution is -2.38. The maximum atomic E-state index is 13.1. The second-order valence-electron chi connectivity index (χ2n) is 9.73. The van der Waals surface area contributed by atoms with Gasteiger partial charge in [0.2, 0.25) is 0 Å². The van der Waals surface area contributed by atoms with E-state index in [1.807, 2.05) is 50.1 Å². The van der Waals surface area contributed by atoms with E-state index in [0.717, 1.165) is 52.5 Å². The van der Waals surface area contributed by atoms with Crippen molar-refractivity contribution in [1.82, 2.24) is 9.88 Å². The topological polar surface area (TPSA) is 60.9 Å². The number of rotatable bonds is 9. The van der Waals surface area contributed by atoms with Gasteiger partial charge in [0.25, 0.3) is 0 Å². The Morgan fingerprint density at radius 2 is 1.85 bits per heavy atom. The number of pyridine rings is 1. The van der Waals surface area contributed by atoms with Crippen molar-refractivity contribution in [3.05, 3.63) is 60.4 Å². The van der Waals surface area contributed by atoms with Crippen molar-refractivity contribution < 1.29 is 19.0 Å². The van der Waals surface area contributed by atoms with Gasteiger partial charge in [0.1, 0.15) is 11.4 Å². The maximum absolute atomic E-state index is 13.1. The fraction of sp³-hybridized carbons (Fsp3) is 0.429. The highest BCUT2D eigenvalue weighted by atomic mass is 16.6. The molecular formula is C28H34N2O4. The summed E-state index contributed by atoms with van der Waals surface area (Å²) in [4.78, 5) is 19.4. The van der Waals surface area contributed by atoms with Crippen molar-refractivity contribution in [3.63, 3.8) is 0 Å². The monoisotopic (exact) mass is 462 g/mol. The Bertz CT molecular complexity index is 1120. The number of benzene rings is 2. The van der Waals surface area contributed by atoms with Crippen LogP contribution >= 0.6 is 0 Å². The van der Waals surface area contributed by atoms with Gasteiger partial charge in [-0.05, 0) is 62.3 Å². The van der Waals surface area contributed by atoms with Crippen LogP contribution in [0.5, 0.6) is 5.75 Å². The van der Waals surface area contributed by atoms with E-state index >= 15 is 0 Å². The van der Waals surface area contributed by atoms with Gasteiger partial charge >= 0.3 is 6.09 Å². The molecule has 3 aromatic rings. The molecule has 6 nitrogen and oxygen atoms in total. The third-order valence-corrected chi connectivity index (χ3v) is 5.75. The molecule has 0 atom stereocenters. The molecule has 0 bridgehead atoms. The van der Waals surface area contributed by atoms with E-state index in [1.54, 1.807) is 13.3 Å². The van der Waals surface area contributed by atoms with E-state index in [2.05, 4.69) is 29.2 Å². The molecule has 180 valence electrons. The van der Waals surface area contributed by atoms with E-state index in [4.69, 9.17) is 14.2 Å². The van der Waals surface area contributed by atoms with E-state index in [-0.39, 0.29) is 12.1 Å². The first-order valence-corrected chi connectivity index (χ1v) is 11.9. The van der Waals surface area contributed by atoms with Crippen LogP contribution in [-0.4, -0.2) is 47.9 Å². The van der Waals surface area contributed by atoms with Gasteiger partial charge in [-0.25, -0.2) is 4.79 Å². The number of carbonyl (C=O) groups excluding carboxylic acids is 1. The summed E-state index contributed by atoms with van der Waals surface area (Å²) in [6.45, 7) is 7.36. The zero-order chi connectivity index (χ0) is 24.1. The molecule has 1 aliphatic carbocycles. The average Bonchev–Trinajstić information content (AvgIpc) is 3.65. The van der Waals surface area contributed by atoms with Crippen LogP contribution in [0, 0.1) is 0 Å². The highest BCUT2D eigenvalue weighted by Gasteiger charge is 2.36. The largest absolute Gasteiger partial charge is 0.493 e. The number of amides is 1. The molecule has 34 heavy (non-hydrogen) atoms. The van der Waals surface area contributed by atoms with Crippen LogP contribution in [0.25, 0.3) is 21.9 Å². The predicted molar refractivity (Wildman–Crippen MR) is 134 cm³/mol. The fourth-order valence-corrected chi connectivity index (χ4v) is 4.11. The van der Waals surface area contributed by atoms with Gasteiger partial charge in [0.05, 0.1) is 13.2 Å². The smallest absolute Gasteiger partial charge is 0.410 e. The fourth-order valence-electron chi connectivity index (χ4n) is 4.11. The third kappa shape index (κ3) is 5.86. The second-order valence-corrected chi connectivity index (χ2v) is 9.73. The van der Waals surface area contributed by atoms with Gasteiger partial charge in [0.15, 0.2) is 0 Å². The van der Waals surface area contributed by atoms with Crippen LogP contribution in [0.4, 0.5) is 4.79 Å². The molecule has 1 aliphatic rings. The number of ether oxygens (including phenoxy) is 3. The Kier molecular flexibility index (Phi) is 7.37. The normalized spacial score (nSPS) is 13.6. The van der Waals surface area contributed by atoms with Gasteiger partial charge in [-0.2, -0.15) is 0 Å². The summed E-state index contributed by atoms with van der Waals surface area (Å²) in [5.74, 6) is 0.814. The minimum absolute atomic E-state index is 0.203. The average molecular weight is 463 g/mol. The highest BCUT2D eigenvalue weighted by Crippen LogP contribution is 2.40. The number of hydrogen-bond acceptors (Lipinski definition) is 5. The Labute approximate surface area is 201 Å². The lowest BCUT2D eigenvalue weighted by molar-refractivity contribution is 0.0217. The van der Waals surface area contributed by atoms with E-state index < -0.39 is 5.60 Å². The summed E-state index contributed by atoms with van der Waals surface area (Å²) >= 11 is 0. The first-order valence-electron chi connectivity index (χ1n) is 11.9. The number of hydrogen-bond donors (Lipinski definition) is 0. The van der Waals surface area contributed by atoms with Crippen LogP contribution in [-0.2, 0) is 16.0 Å². The summed E-state index contributed by atoms with van der Waals surface area (Å²) < 4.78 is 17.2. The van der Waals surface area contributed by atoms with Gasteiger partial charge < -0.3 is 19.1 Å². The van der Waals surface area contributed by atoms with Crippen LogP contribution in [0.15, 0.2) is 54.9 Å². The Morgan fingerprint density at radius 3 is 2.50 bits per heavy atom. The number of fused-ring (bicyclic) bond motifs is 1. The van der Waals surface area contributed by atoms with Crippen molar-refractivity contribution in [3.8, 4) is 16.9 Å². The van der Waals surface area contributed by atoms with Crippen molar-refractivity contribution in [2.45, 2.75) is 58.2 Å². The molecule has 0 spiro atoms. The lowest BCUT2D eigenvalue weighted by Gasteiger charge is -2.28. The molecule has 0 aliphatic heterocycles. The minimum atomic E-state index is -0.546. The molecular weight excluding hydrogens is 428 g/mol. The summed E-state index contributed by atoms with van der Waals surface area (Å²) in [5.41, 5.74) is 2.56. The van der Waals surface area contributed by atoms with Gasteiger partial charge in [-0.1, -0.05) is 30.3 Å². The van der Waals surface area contributed by atoms with Crippen LogP contribution in [0.2, 0.25) is 0 Å². The van der Waals surface area contributed by atoms with E-state index in [1.165, 1.54) is 0 Å². The van der Waals surface area contributed by atoms with Gasteiger partial charge in [0, 0.05) is 49.5 Å². The third-order valence-electron chi connectivity index (χ3n) is 5.75. The maximum Gasteiger partial charge on any atom is 0.410 e. The molecule has 1 fully saturated rings. The molecule has 1 aromatic heterocycles. The molecule has 2 aromatic carbocycles.